The number of phenols is 1. The second-order valence-corrected chi connectivity index (χ2v) is 10.4. The average molecular weight is 477 g/mol. The Labute approximate surface area is 215 Å². The molecule has 1 aliphatic carbocycles. The Morgan fingerprint density at radius 2 is 1.16 bits per heavy atom. The van der Waals surface area contributed by atoms with E-state index in [-0.39, 0.29) is 5.75 Å². The average Bonchev–Trinajstić information content (AvgIpc) is 2.92. The fraction of sp³-hybridized carbons (Fsp3) is 0.0857. The van der Waals surface area contributed by atoms with Crippen LogP contribution in [0.3, 0.4) is 0 Å². The van der Waals surface area contributed by atoms with Gasteiger partial charge in [0.15, 0.2) is 0 Å². The summed E-state index contributed by atoms with van der Waals surface area (Å²) in [5, 5.41) is 14.5. The molecule has 2 heteroatoms. The number of phenolic OH excluding ortho intramolecular Hbond substituents is 1. The van der Waals surface area contributed by atoms with E-state index in [9.17, 15) is 5.11 Å². The van der Waals surface area contributed by atoms with E-state index in [4.69, 9.17) is 4.74 Å². The van der Waals surface area contributed by atoms with E-state index < -0.39 is 5.41 Å². The molecule has 6 aromatic rings. The molecule has 0 fully saturated rings. The van der Waals surface area contributed by atoms with Crippen LogP contribution in [-0.4, -0.2) is 5.11 Å². The molecule has 0 atom stereocenters. The summed E-state index contributed by atoms with van der Waals surface area (Å²) in [4.78, 5) is 0. The third kappa shape index (κ3) is 2.65. The van der Waals surface area contributed by atoms with Crippen molar-refractivity contribution < 1.29 is 9.84 Å². The normalized spacial score (nSPS) is 14.5. The fourth-order valence-corrected chi connectivity index (χ4v) is 6.78. The number of fused-ring (bicyclic) bond motifs is 12. The Hall–Kier alpha value is -4.56. The molecule has 0 bridgehead atoms. The first kappa shape index (κ1) is 20.6. The van der Waals surface area contributed by atoms with Crippen LogP contribution < -0.4 is 4.74 Å². The molecule has 1 N–H and O–H groups in total. The zero-order valence-electron chi connectivity index (χ0n) is 20.5. The number of hydrogen-bond donors (Lipinski definition) is 1. The highest BCUT2D eigenvalue weighted by atomic mass is 16.5. The van der Waals surface area contributed by atoms with Crippen molar-refractivity contribution in [3.8, 4) is 17.2 Å². The van der Waals surface area contributed by atoms with Gasteiger partial charge in [-0.05, 0) is 64.6 Å². The third-order valence-electron chi connectivity index (χ3n) is 8.32. The Bertz CT molecular complexity index is 1770. The Kier molecular flexibility index (Phi) is 4.03. The first-order valence-electron chi connectivity index (χ1n) is 12.8. The highest BCUT2D eigenvalue weighted by molar-refractivity contribution is 5.98. The largest absolute Gasteiger partial charge is 0.508 e. The quantitative estimate of drug-likeness (QED) is 0.238. The van der Waals surface area contributed by atoms with Crippen molar-refractivity contribution in [1.29, 1.82) is 0 Å². The topological polar surface area (TPSA) is 29.5 Å². The first-order chi connectivity index (χ1) is 18.1. The summed E-state index contributed by atoms with van der Waals surface area (Å²) in [6.07, 6.45) is 0.911. The van der Waals surface area contributed by atoms with Gasteiger partial charge in [0.1, 0.15) is 17.2 Å². The zero-order valence-corrected chi connectivity index (χ0v) is 20.5. The fourth-order valence-electron chi connectivity index (χ4n) is 6.78. The molecule has 2 nitrogen and oxygen atoms in total. The van der Waals surface area contributed by atoms with Crippen LogP contribution in [0.25, 0.3) is 21.5 Å². The lowest BCUT2D eigenvalue weighted by atomic mass is 9.58. The van der Waals surface area contributed by atoms with Gasteiger partial charge in [0, 0.05) is 21.9 Å². The number of benzene rings is 6. The van der Waals surface area contributed by atoms with E-state index >= 15 is 0 Å². The molecule has 0 aromatic heterocycles. The van der Waals surface area contributed by atoms with Crippen molar-refractivity contribution in [3.05, 3.63) is 148 Å². The monoisotopic (exact) mass is 476 g/mol. The Balaban J connectivity index is 1.61. The molecular formula is C35H24O2. The lowest BCUT2D eigenvalue weighted by Gasteiger charge is -2.46. The summed E-state index contributed by atoms with van der Waals surface area (Å²) in [5.74, 6) is 2.04. The van der Waals surface area contributed by atoms with E-state index in [0.717, 1.165) is 39.6 Å². The van der Waals surface area contributed by atoms with Crippen LogP contribution in [-0.2, 0) is 11.8 Å². The second kappa shape index (κ2) is 7.24. The molecule has 1 aliphatic heterocycles. The maximum atomic E-state index is 10.2. The molecule has 0 saturated carbocycles. The van der Waals surface area contributed by atoms with Crippen molar-refractivity contribution in [2.75, 3.05) is 0 Å². The minimum Gasteiger partial charge on any atom is -0.508 e. The first-order valence-corrected chi connectivity index (χ1v) is 12.8. The van der Waals surface area contributed by atoms with Crippen molar-refractivity contribution in [2.24, 2.45) is 0 Å². The van der Waals surface area contributed by atoms with Crippen LogP contribution in [0.2, 0.25) is 0 Å². The summed E-state index contributed by atoms with van der Waals surface area (Å²) in [6, 6.07) is 38.7. The molecule has 0 amide bonds. The van der Waals surface area contributed by atoms with Crippen LogP contribution >= 0.6 is 0 Å². The predicted octanol–water partition coefficient (Wildman–Crippen LogP) is 8.40. The van der Waals surface area contributed by atoms with E-state index in [2.05, 4.69) is 97.9 Å². The maximum Gasteiger partial charge on any atom is 0.140 e. The van der Waals surface area contributed by atoms with Gasteiger partial charge in [0.25, 0.3) is 0 Å². The minimum atomic E-state index is -0.514. The molecule has 0 radical (unpaired) electrons. The Morgan fingerprint density at radius 1 is 0.595 bits per heavy atom. The number of aromatic hydroxyl groups is 1. The van der Waals surface area contributed by atoms with Gasteiger partial charge in [-0.15, -0.1) is 0 Å². The lowest BCUT2D eigenvalue weighted by molar-refractivity contribution is 0.442. The molecule has 6 aromatic carbocycles. The van der Waals surface area contributed by atoms with Crippen LogP contribution in [0.5, 0.6) is 17.2 Å². The minimum absolute atomic E-state index is 0.257. The van der Waals surface area contributed by atoms with Crippen LogP contribution in [0.1, 0.15) is 38.9 Å². The van der Waals surface area contributed by atoms with Crippen molar-refractivity contribution >= 4 is 21.5 Å². The Morgan fingerprint density at radius 3 is 1.81 bits per heavy atom. The van der Waals surface area contributed by atoms with Crippen LogP contribution in [0, 0.1) is 6.92 Å². The van der Waals surface area contributed by atoms with Crippen molar-refractivity contribution in [2.45, 2.75) is 18.8 Å². The van der Waals surface area contributed by atoms with Gasteiger partial charge >= 0.3 is 0 Å². The van der Waals surface area contributed by atoms with Crippen LogP contribution in [0.4, 0.5) is 0 Å². The highest BCUT2D eigenvalue weighted by Crippen LogP contribution is 2.60. The molecule has 0 unspecified atom stereocenters. The number of aryl methyl sites for hydroxylation is 1. The summed E-state index contributed by atoms with van der Waals surface area (Å²) < 4.78 is 6.96. The lowest BCUT2D eigenvalue weighted by Crippen LogP contribution is -2.38. The highest BCUT2D eigenvalue weighted by Gasteiger charge is 2.49. The van der Waals surface area contributed by atoms with E-state index in [1.54, 1.807) is 6.07 Å². The van der Waals surface area contributed by atoms with Crippen molar-refractivity contribution in [3.63, 3.8) is 0 Å². The van der Waals surface area contributed by atoms with Gasteiger partial charge in [-0.25, -0.2) is 0 Å². The van der Waals surface area contributed by atoms with Crippen LogP contribution in [0.15, 0.2) is 109 Å². The van der Waals surface area contributed by atoms with Gasteiger partial charge in [-0.1, -0.05) is 96.6 Å². The number of rotatable bonds is 0. The van der Waals surface area contributed by atoms with Crippen molar-refractivity contribution in [1.82, 2.24) is 0 Å². The number of ether oxygens (including phenoxy) is 1. The summed E-state index contributed by atoms with van der Waals surface area (Å²) in [5.41, 5.74) is 8.34. The van der Waals surface area contributed by atoms with Gasteiger partial charge in [-0.2, -0.15) is 0 Å². The summed E-state index contributed by atoms with van der Waals surface area (Å²) in [6.45, 7) is 2.13. The SMILES string of the molecule is Cc1ccc2c3c(ccc2c1)C1(c2ccccc2Cc2ccccc21)c1ccc2cc(O)ccc2c1O3. The van der Waals surface area contributed by atoms with Gasteiger partial charge in [0.2, 0.25) is 0 Å². The van der Waals surface area contributed by atoms with E-state index in [1.165, 1.54) is 38.8 Å². The van der Waals surface area contributed by atoms with Gasteiger partial charge in [0.05, 0.1) is 5.41 Å². The van der Waals surface area contributed by atoms with Gasteiger partial charge in [-0.3, -0.25) is 0 Å². The molecule has 37 heavy (non-hydrogen) atoms. The van der Waals surface area contributed by atoms with E-state index in [1.807, 2.05) is 12.1 Å². The molecule has 8 rings (SSSR count). The molecular weight excluding hydrogens is 452 g/mol. The molecule has 0 saturated heterocycles. The number of hydrogen-bond acceptors (Lipinski definition) is 2. The molecule has 1 spiro atoms. The van der Waals surface area contributed by atoms with Gasteiger partial charge < -0.3 is 9.84 Å². The zero-order chi connectivity index (χ0) is 24.7. The predicted molar refractivity (Wildman–Crippen MR) is 149 cm³/mol. The molecule has 176 valence electrons. The summed E-state index contributed by atoms with van der Waals surface area (Å²) >= 11 is 0. The molecule has 1 heterocycles. The standard InChI is InChI=1S/C35H24O2/c1-21-10-14-27-22(18-21)11-16-31-33(27)37-34-28-15-13-26(36)20-23(28)12-17-32(34)35(31)29-8-4-2-6-24(29)19-25-7-3-5-9-30(25)35/h2-18,20,36H,19H2,1H3. The molecule has 2 aliphatic rings. The third-order valence-corrected chi connectivity index (χ3v) is 8.32. The van der Waals surface area contributed by atoms with E-state index in [0.29, 0.717) is 0 Å². The smallest absolute Gasteiger partial charge is 0.140 e. The second-order valence-electron chi connectivity index (χ2n) is 10.4. The summed E-state index contributed by atoms with van der Waals surface area (Å²) in [7, 11) is 0. The maximum absolute atomic E-state index is 10.2.